The zero-order chi connectivity index (χ0) is 50.6. The van der Waals surface area contributed by atoms with E-state index in [0.29, 0.717) is 66.9 Å². The average Bonchev–Trinajstić information content (AvgIpc) is 3.73. The number of benzene rings is 1. The summed E-state index contributed by atoms with van der Waals surface area (Å²) >= 11 is 0. The lowest BCUT2D eigenvalue weighted by Gasteiger charge is -2.62. The summed E-state index contributed by atoms with van der Waals surface area (Å²) < 4.78 is 0. The largest absolute Gasteiger partial charge is 0.393 e. The van der Waals surface area contributed by atoms with Gasteiger partial charge in [-0.1, -0.05) is 181 Å². The van der Waals surface area contributed by atoms with Crippen molar-refractivity contribution in [2.75, 3.05) is 26.7 Å². The number of nitrogens with one attached hydrogen (secondary N) is 1. The number of likely N-dealkylation sites (tertiary alicyclic amines) is 1. The topological polar surface area (TPSA) is 93.1 Å². The molecule has 3 unspecified atom stereocenters. The third-order valence-electron chi connectivity index (χ3n) is 20.8. The molecule has 0 bridgehead atoms. The SMILES string of the molecule is CCCCCCCCCCCCC(CCCCCCCCCC)CN(C(=O)CC[C@@H](C)[C@H]1CCC2[C@@H]3[C@H](O)C[C@@H]4C[C@H](O)CC[C@]4(C)[C@H]3CC[C@@]21C)C(CC1CCN(C)CC1)C(=O)NCc1ccccc1. The number of nitrogens with zero attached hydrogens (tertiary/aromatic N) is 2. The first-order valence-corrected chi connectivity index (χ1v) is 31.0. The molecule has 4 aliphatic carbocycles. The number of hydrogen-bond donors (Lipinski definition) is 3. The van der Waals surface area contributed by atoms with E-state index in [1.54, 1.807) is 0 Å². The van der Waals surface area contributed by atoms with Crippen LogP contribution in [0.5, 0.6) is 0 Å². The quantitative estimate of drug-likeness (QED) is 0.0626. The summed E-state index contributed by atoms with van der Waals surface area (Å²) in [5.41, 5.74) is 1.50. The Labute approximate surface area is 437 Å². The van der Waals surface area contributed by atoms with Crippen LogP contribution in [0.15, 0.2) is 30.3 Å². The van der Waals surface area contributed by atoms with Gasteiger partial charge in [0.15, 0.2) is 0 Å². The first-order valence-electron chi connectivity index (χ1n) is 31.0. The van der Waals surface area contributed by atoms with Crippen molar-refractivity contribution < 1.29 is 19.8 Å². The van der Waals surface area contributed by atoms with Gasteiger partial charge in [-0.3, -0.25) is 9.59 Å². The Bertz CT molecular complexity index is 1650. The van der Waals surface area contributed by atoms with Gasteiger partial charge in [-0.15, -0.1) is 0 Å². The summed E-state index contributed by atoms with van der Waals surface area (Å²) in [5, 5.41) is 26.0. The van der Waals surface area contributed by atoms with Crippen LogP contribution in [0.25, 0.3) is 0 Å². The molecule has 5 fully saturated rings. The predicted molar refractivity (Wildman–Crippen MR) is 297 cm³/mol. The van der Waals surface area contributed by atoms with E-state index in [-0.39, 0.29) is 34.9 Å². The molecule has 4 saturated carbocycles. The zero-order valence-electron chi connectivity index (χ0n) is 47.0. The van der Waals surface area contributed by atoms with Crippen molar-refractivity contribution >= 4 is 11.8 Å². The fourth-order valence-corrected chi connectivity index (χ4v) is 16.3. The maximum atomic E-state index is 15.4. The number of carbonyl (C=O) groups is 2. The molecule has 1 saturated heterocycles. The fraction of sp³-hybridized carbons (Fsp3) is 0.875. The Kier molecular flexibility index (Phi) is 24.6. The number of unbranched alkanes of at least 4 members (excludes halogenated alkanes) is 16. The second-order valence-electron chi connectivity index (χ2n) is 25.8. The monoisotopic (exact) mass is 986 g/mol. The minimum absolute atomic E-state index is 0.0382. The molecule has 406 valence electrons. The molecule has 1 heterocycles. The first-order chi connectivity index (χ1) is 34.4. The molecule has 3 N–H and O–H groups in total. The Morgan fingerprint density at radius 2 is 1.27 bits per heavy atom. The van der Waals surface area contributed by atoms with Crippen molar-refractivity contribution in [3.8, 4) is 0 Å². The molecule has 1 aromatic rings. The Hall–Kier alpha value is -1.96. The molecule has 71 heavy (non-hydrogen) atoms. The highest BCUT2D eigenvalue weighted by Crippen LogP contribution is 2.68. The van der Waals surface area contributed by atoms with Crippen LogP contribution in [0.4, 0.5) is 0 Å². The van der Waals surface area contributed by atoms with Crippen LogP contribution in [0.2, 0.25) is 0 Å². The van der Waals surface area contributed by atoms with E-state index in [1.807, 2.05) is 18.2 Å². The van der Waals surface area contributed by atoms with Crippen LogP contribution in [-0.4, -0.2) is 76.8 Å². The smallest absolute Gasteiger partial charge is 0.243 e. The third kappa shape index (κ3) is 16.8. The first kappa shape index (κ1) is 58.3. The van der Waals surface area contributed by atoms with Crippen molar-refractivity contribution in [1.82, 2.24) is 15.1 Å². The van der Waals surface area contributed by atoms with Gasteiger partial charge in [0.25, 0.3) is 0 Å². The van der Waals surface area contributed by atoms with Gasteiger partial charge in [-0.25, -0.2) is 0 Å². The number of aliphatic hydroxyl groups excluding tert-OH is 2. The maximum Gasteiger partial charge on any atom is 0.243 e. The normalized spacial score (nSPS) is 30.2. The van der Waals surface area contributed by atoms with Crippen molar-refractivity contribution in [3.63, 3.8) is 0 Å². The van der Waals surface area contributed by atoms with Crippen molar-refractivity contribution in [2.24, 2.45) is 58.2 Å². The van der Waals surface area contributed by atoms with Gasteiger partial charge in [0.2, 0.25) is 11.8 Å². The average molecular weight is 987 g/mol. The van der Waals surface area contributed by atoms with Gasteiger partial charge >= 0.3 is 0 Å². The van der Waals surface area contributed by atoms with Crippen molar-refractivity contribution in [3.05, 3.63) is 35.9 Å². The number of piperidine rings is 1. The van der Waals surface area contributed by atoms with E-state index in [9.17, 15) is 15.0 Å². The summed E-state index contributed by atoms with van der Waals surface area (Å²) in [5.74, 6) is 3.87. The second kappa shape index (κ2) is 30.0. The van der Waals surface area contributed by atoms with Crippen LogP contribution >= 0.6 is 0 Å². The predicted octanol–water partition coefficient (Wildman–Crippen LogP) is 15.1. The van der Waals surface area contributed by atoms with Gasteiger partial charge in [0, 0.05) is 19.5 Å². The molecule has 0 aromatic heterocycles. The summed E-state index contributed by atoms with van der Waals surface area (Å²) in [6.45, 7) is 15.4. The number of amides is 2. The highest BCUT2D eigenvalue weighted by Gasteiger charge is 2.63. The number of hydrogen-bond acceptors (Lipinski definition) is 5. The number of carbonyl (C=O) groups excluding carboxylic acids is 2. The van der Waals surface area contributed by atoms with E-state index in [4.69, 9.17) is 0 Å². The van der Waals surface area contributed by atoms with E-state index in [1.165, 1.54) is 141 Å². The lowest BCUT2D eigenvalue weighted by atomic mass is 9.43. The second-order valence-corrected chi connectivity index (χ2v) is 25.8. The summed E-state index contributed by atoms with van der Waals surface area (Å²) in [6, 6.07) is 9.86. The van der Waals surface area contributed by atoms with Crippen LogP contribution in [0.3, 0.4) is 0 Å². The van der Waals surface area contributed by atoms with Crippen LogP contribution in [-0.2, 0) is 16.1 Å². The molecule has 1 aliphatic heterocycles. The Morgan fingerprint density at radius 1 is 0.704 bits per heavy atom. The standard InChI is InChI=1S/C64H111N3O4/c1-7-9-11-13-15-17-18-20-22-25-31-52(30-24-21-19-16-14-12-10-8-2)48-67(58(44-50-38-42-66(6)43-39-50)62(71)65-47-51-28-26-23-27-29-51)60(70)35-32-49(3)55-33-34-56-61-57(37-41-64(55,56)5)63(4)40-36-54(68)45-53(63)46-59(61)69/h23,26-29,49-50,52-59,61,68-69H,7-22,24-25,30-48H2,1-6H3,(H,65,71)/t49-,52?,53+,54-,55-,56?,57+,58?,59-,61+,63+,64-/m1/s1. The highest BCUT2D eigenvalue weighted by atomic mass is 16.3. The summed E-state index contributed by atoms with van der Waals surface area (Å²) in [7, 11) is 2.22. The Morgan fingerprint density at radius 3 is 1.87 bits per heavy atom. The van der Waals surface area contributed by atoms with Gasteiger partial charge in [-0.05, 0) is 174 Å². The molecule has 7 nitrogen and oxygen atoms in total. The van der Waals surface area contributed by atoms with E-state index < -0.39 is 6.04 Å². The van der Waals surface area contributed by atoms with Gasteiger partial charge in [-0.2, -0.15) is 0 Å². The fourth-order valence-electron chi connectivity index (χ4n) is 16.3. The lowest BCUT2D eigenvalue weighted by molar-refractivity contribution is -0.174. The molecule has 0 spiro atoms. The summed E-state index contributed by atoms with van der Waals surface area (Å²) in [4.78, 5) is 34.9. The number of fused-ring (bicyclic) bond motifs is 5. The minimum Gasteiger partial charge on any atom is -0.393 e. The van der Waals surface area contributed by atoms with E-state index in [0.717, 1.165) is 82.9 Å². The molecular weight excluding hydrogens is 875 g/mol. The van der Waals surface area contributed by atoms with Gasteiger partial charge < -0.3 is 25.3 Å². The molecule has 7 heteroatoms. The zero-order valence-corrected chi connectivity index (χ0v) is 47.0. The van der Waals surface area contributed by atoms with Crippen molar-refractivity contribution in [1.29, 1.82) is 0 Å². The number of rotatable bonds is 32. The molecule has 6 rings (SSSR count). The molecule has 0 radical (unpaired) electrons. The van der Waals surface area contributed by atoms with Crippen LogP contribution in [0, 0.1) is 58.2 Å². The molecular formula is C64H111N3O4. The molecule has 5 aliphatic rings. The third-order valence-corrected chi connectivity index (χ3v) is 20.8. The number of aliphatic hydroxyl groups is 2. The van der Waals surface area contributed by atoms with Crippen LogP contribution in [0.1, 0.15) is 252 Å². The Balaban J connectivity index is 1.17. The van der Waals surface area contributed by atoms with E-state index >= 15 is 4.79 Å². The summed E-state index contributed by atoms with van der Waals surface area (Å²) in [6.07, 6.45) is 38.4. The van der Waals surface area contributed by atoms with E-state index in [2.05, 4.69) is 68.9 Å². The van der Waals surface area contributed by atoms with Crippen molar-refractivity contribution in [2.45, 2.75) is 271 Å². The highest BCUT2D eigenvalue weighted by molar-refractivity contribution is 5.87. The maximum absolute atomic E-state index is 15.4. The van der Waals surface area contributed by atoms with Crippen LogP contribution < -0.4 is 5.32 Å². The minimum atomic E-state index is -0.453. The molecule has 12 atom stereocenters. The van der Waals surface area contributed by atoms with Gasteiger partial charge in [0.1, 0.15) is 6.04 Å². The molecule has 2 amide bonds. The molecule has 1 aromatic carbocycles. The van der Waals surface area contributed by atoms with Gasteiger partial charge in [0.05, 0.1) is 12.2 Å². The lowest BCUT2D eigenvalue weighted by Crippen LogP contribution is -2.58.